The van der Waals surface area contributed by atoms with Crippen LogP contribution in [0.4, 0.5) is 5.69 Å². The van der Waals surface area contributed by atoms with Crippen LogP contribution in [0.15, 0.2) is 168 Å². The Hall–Kier alpha value is -5.08. The van der Waals surface area contributed by atoms with Gasteiger partial charge < -0.3 is 9.47 Å². The van der Waals surface area contributed by atoms with E-state index < -0.39 is 0 Å². The number of nitrogens with zero attached hydrogens (tertiary/aromatic N) is 2. The van der Waals surface area contributed by atoms with Crippen LogP contribution in [0.3, 0.4) is 0 Å². The number of fused-ring (bicyclic) bond motifs is 5. The van der Waals surface area contributed by atoms with Gasteiger partial charge in [-0.15, -0.1) is 0 Å². The van der Waals surface area contributed by atoms with Crippen molar-refractivity contribution in [3.8, 4) is 5.69 Å². The monoisotopic (exact) mass is 636 g/mol. The van der Waals surface area contributed by atoms with Gasteiger partial charge in [-0.2, -0.15) is 0 Å². The molecular formula is C47H44N2. The zero-order chi connectivity index (χ0) is 33.3. The molecule has 242 valence electrons. The van der Waals surface area contributed by atoms with Crippen LogP contribution < -0.4 is 4.90 Å². The fraction of sp³-hybridized carbons (Fsp3) is 0.234. The topological polar surface area (TPSA) is 8.17 Å². The average Bonchev–Trinajstić information content (AvgIpc) is 3.56. The van der Waals surface area contributed by atoms with E-state index in [2.05, 4.69) is 183 Å². The lowest BCUT2D eigenvalue weighted by molar-refractivity contribution is 0.462. The smallest absolute Gasteiger partial charge is 0.0603 e. The summed E-state index contributed by atoms with van der Waals surface area (Å²) in [4.78, 5) is 2.69. The van der Waals surface area contributed by atoms with Gasteiger partial charge in [0.2, 0.25) is 0 Å². The molecule has 0 N–H and O–H groups in total. The van der Waals surface area contributed by atoms with E-state index in [1.54, 1.807) is 5.57 Å². The van der Waals surface area contributed by atoms with Crippen LogP contribution in [0.1, 0.15) is 52.5 Å². The second-order valence-electron chi connectivity index (χ2n) is 15.2. The van der Waals surface area contributed by atoms with E-state index in [1.165, 1.54) is 61.0 Å². The summed E-state index contributed by atoms with van der Waals surface area (Å²) in [5, 5.41) is 2.58. The largest absolute Gasteiger partial charge is 0.356 e. The molecule has 0 aliphatic heterocycles. The van der Waals surface area contributed by atoms with E-state index in [-0.39, 0.29) is 17.0 Å². The van der Waals surface area contributed by atoms with E-state index in [0.29, 0.717) is 5.92 Å². The van der Waals surface area contributed by atoms with Gasteiger partial charge >= 0.3 is 0 Å². The lowest BCUT2D eigenvalue weighted by Crippen LogP contribution is -2.51. The first kappa shape index (κ1) is 30.0. The minimum atomic E-state index is -0.153. The quantitative estimate of drug-likeness (QED) is 0.186. The van der Waals surface area contributed by atoms with Crippen LogP contribution in [0.2, 0.25) is 0 Å². The summed E-state index contributed by atoms with van der Waals surface area (Å²) in [6.45, 7) is 9.66. The van der Waals surface area contributed by atoms with Gasteiger partial charge in [0.05, 0.1) is 22.6 Å². The Kier molecular flexibility index (Phi) is 6.88. The highest BCUT2D eigenvalue weighted by Crippen LogP contribution is 2.56. The van der Waals surface area contributed by atoms with Gasteiger partial charge in [0.1, 0.15) is 0 Å². The van der Waals surface area contributed by atoms with E-state index in [4.69, 9.17) is 0 Å². The molecular weight excluding hydrogens is 593 g/mol. The molecule has 2 nitrogen and oxygen atoms in total. The highest BCUT2D eigenvalue weighted by atomic mass is 15.2. The molecule has 0 radical (unpaired) electrons. The summed E-state index contributed by atoms with van der Waals surface area (Å²) in [6.07, 6.45) is 20.4. The molecule has 4 aromatic carbocycles. The third kappa shape index (κ3) is 4.76. The van der Waals surface area contributed by atoms with Crippen molar-refractivity contribution in [3.05, 3.63) is 174 Å². The molecule has 1 heterocycles. The van der Waals surface area contributed by atoms with E-state index in [1.807, 2.05) is 0 Å². The maximum Gasteiger partial charge on any atom is 0.0603 e. The fourth-order valence-electron chi connectivity index (χ4n) is 9.16. The number of hydrogen-bond donors (Lipinski definition) is 0. The molecule has 2 heteroatoms. The third-order valence-electron chi connectivity index (χ3n) is 11.6. The van der Waals surface area contributed by atoms with E-state index in [9.17, 15) is 0 Å². The molecule has 0 saturated carbocycles. The first-order valence-electron chi connectivity index (χ1n) is 18.0. The van der Waals surface area contributed by atoms with Gasteiger partial charge in [-0.3, -0.25) is 0 Å². The highest BCUT2D eigenvalue weighted by Gasteiger charge is 2.46. The number of benzene rings is 4. The van der Waals surface area contributed by atoms with Crippen LogP contribution in [-0.2, 0) is 0 Å². The van der Waals surface area contributed by atoms with Crippen LogP contribution in [0.5, 0.6) is 0 Å². The first-order valence-corrected chi connectivity index (χ1v) is 18.0. The fourth-order valence-corrected chi connectivity index (χ4v) is 9.16. The standard InChI is InChI=1S/C47H44N2/c1-32-19-25-42-40(29-32)38-27-28-47(4,31-43(38)46(42,2)3)49(36-15-9-6-10-16-36)37-23-20-33(21-24-37)34-22-26-45-41(30-34)39-17-11-12-18-44(39)48(45)35-13-7-5-8-14-35/h5-23,25-27,30-32,37H,24,28-29H2,1-4H3. The Morgan fingerprint density at radius 3 is 2.24 bits per heavy atom. The van der Waals surface area contributed by atoms with Gasteiger partial charge in [0.25, 0.3) is 0 Å². The van der Waals surface area contributed by atoms with E-state index in [0.717, 1.165) is 19.3 Å². The molecule has 4 aliphatic carbocycles. The van der Waals surface area contributed by atoms with Gasteiger partial charge in [-0.25, -0.2) is 0 Å². The highest BCUT2D eigenvalue weighted by molar-refractivity contribution is 6.10. The summed E-state index contributed by atoms with van der Waals surface area (Å²) in [6, 6.07) is 37.8. The molecule has 0 fully saturated rings. The molecule has 4 aliphatic rings. The Bertz CT molecular complexity index is 2300. The Labute approximate surface area is 290 Å². The maximum absolute atomic E-state index is 2.69. The molecule has 9 rings (SSSR count). The number of anilines is 1. The minimum Gasteiger partial charge on any atom is -0.356 e. The molecule has 0 spiro atoms. The first-order chi connectivity index (χ1) is 23.8. The summed E-state index contributed by atoms with van der Waals surface area (Å²) < 4.78 is 2.39. The van der Waals surface area contributed by atoms with Gasteiger partial charge in [-0.05, 0) is 108 Å². The molecule has 0 amide bonds. The maximum atomic E-state index is 2.69. The van der Waals surface area contributed by atoms with Crippen molar-refractivity contribution in [3.63, 3.8) is 0 Å². The Balaban J connectivity index is 1.07. The summed E-state index contributed by atoms with van der Waals surface area (Å²) in [5.74, 6) is 0.598. The lowest BCUT2D eigenvalue weighted by Gasteiger charge is -2.48. The van der Waals surface area contributed by atoms with Crippen molar-refractivity contribution in [2.45, 2.75) is 58.5 Å². The molecule has 5 aromatic rings. The van der Waals surface area contributed by atoms with Crippen molar-refractivity contribution >= 4 is 33.1 Å². The number of rotatable bonds is 5. The average molecular weight is 637 g/mol. The predicted molar refractivity (Wildman–Crippen MR) is 208 cm³/mol. The Morgan fingerprint density at radius 1 is 0.735 bits per heavy atom. The second-order valence-corrected chi connectivity index (χ2v) is 15.2. The number of allylic oxidation sites excluding steroid dienone is 8. The molecule has 3 atom stereocenters. The van der Waals surface area contributed by atoms with Crippen molar-refractivity contribution in [2.75, 3.05) is 4.90 Å². The van der Waals surface area contributed by atoms with Crippen molar-refractivity contribution in [1.29, 1.82) is 0 Å². The van der Waals surface area contributed by atoms with Crippen molar-refractivity contribution < 1.29 is 0 Å². The van der Waals surface area contributed by atoms with Crippen LogP contribution >= 0.6 is 0 Å². The zero-order valence-corrected chi connectivity index (χ0v) is 29.0. The van der Waals surface area contributed by atoms with Crippen LogP contribution in [0.25, 0.3) is 33.1 Å². The minimum absolute atomic E-state index is 0.0135. The van der Waals surface area contributed by atoms with Gasteiger partial charge in [0.15, 0.2) is 0 Å². The molecule has 3 unspecified atom stereocenters. The van der Waals surface area contributed by atoms with Crippen molar-refractivity contribution in [2.24, 2.45) is 11.3 Å². The molecule has 0 bridgehead atoms. The summed E-state index contributed by atoms with van der Waals surface area (Å²) in [5.41, 5.74) is 13.5. The van der Waals surface area contributed by atoms with Crippen LogP contribution in [0, 0.1) is 11.3 Å². The summed E-state index contributed by atoms with van der Waals surface area (Å²) in [7, 11) is 0. The van der Waals surface area contributed by atoms with Gasteiger partial charge in [0, 0.05) is 27.6 Å². The van der Waals surface area contributed by atoms with Crippen molar-refractivity contribution in [1.82, 2.24) is 4.57 Å². The number of para-hydroxylation sites is 3. The molecule has 49 heavy (non-hydrogen) atoms. The lowest BCUT2D eigenvalue weighted by atomic mass is 9.74. The third-order valence-corrected chi connectivity index (χ3v) is 11.6. The zero-order valence-electron chi connectivity index (χ0n) is 29.0. The van der Waals surface area contributed by atoms with E-state index >= 15 is 0 Å². The normalized spacial score (nSPS) is 24.0. The van der Waals surface area contributed by atoms with Gasteiger partial charge in [-0.1, -0.05) is 124 Å². The number of aromatic nitrogens is 1. The number of hydrogen-bond acceptors (Lipinski definition) is 1. The molecule has 0 saturated heterocycles. The molecule has 1 aromatic heterocycles. The second kappa shape index (κ2) is 11.2. The summed E-state index contributed by atoms with van der Waals surface area (Å²) >= 11 is 0. The predicted octanol–water partition coefficient (Wildman–Crippen LogP) is 11.9. The SMILES string of the molecule is CC1C=CC2=C(C1)C1=CCC(C)(N(c3ccccc3)C3C=CC(c4ccc5c(c4)c4ccccc4n5-c4ccccc4)=CC3)C=C1C2(C)C. The van der Waals surface area contributed by atoms with Crippen LogP contribution in [-0.4, -0.2) is 16.1 Å². The Morgan fingerprint density at radius 2 is 1.47 bits per heavy atom.